The van der Waals surface area contributed by atoms with E-state index in [2.05, 4.69) is 6.07 Å². The van der Waals surface area contributed by atoms with E-state index in [1.54, 1.807) is 29.2 Å². The molecule has 0 radical (unpaired) electrons. The molecule has 0 unspecified atom stereocenters. The highest BCUT2D eigenvalue weighted by Crippen LogP contribution is 2.31. The molecule has 0 aliphatic rings. The van der Waals surface area contributed by atoms with Gasteiger partial charge in [0.25, 0.3) is 0 Å². The molecule has 19 heavy (non-hydrogen) atoms. The Morgan fingerprint density at radius 3 is 2.32 bits per heavy atom. The predicted octanol–water partition coefficient (Wildman–Crippen LogP) is 3.46. The van der Waals surface area contributed by atoms with Crippen molar-refractivity contribution in [3.8, 4) is 6.07 Å². The molecule has 0 amide bonds. The first-order valence-corrected chi connectivity index (χ1v) is 5.97. The number of nitrogens with two attached hydrogens (primary N) is 1. The van der Waals surface area contributed by atoms with Crippen LogP contribution in [-0.2, 0) is 0 Å². The fourth-order valence-corrected chi connectivity index (χ4v) is 1.94. The van der Waals surface area contributed by atoms with Gasteiger partial charge in [-0.3, -0.25) is 0 Å². The summed E-state index contributed by atoms with van der Waals surface area (Å²) in [6, 6.07) is 15.8. The molecule has 2 rings (SSSR count). The molecule has 2 aromatic rings. The number of anilines is 3. The summed E-state index contributed by atoms with van der Waals surface area (Å²) < 4.78 is 13.9. The van der Waals surface area contributed by atoms with Gasteiger partial charge in [0.1, 0.15) is 5.82 Å². The van der Waals surface area contributed by atoms with Gasteiger partial charge < -0.3 is 10.6 Å². The van der Waals surface area contributed by atoms with Gasteiger partial charge in [-0.25, -0.2) is 4.39 Å². The van der Waals surface area contributed by atoms with Crippen LogP contribution in [0.1, 0.15) is 6.42 Å². The lowest BCUT2D eigenvalue weighted by Gasteiger charge is -2.25. The van der Waals surface area contributed by atoms with Crippen LogP contribution in [0.4, 0.5) is 21.5 Å². The van der Waals surface area contributed by atoms with E-state index >= 15 is 0 Å². The van der Waals surface area contributed by atoms with Crippen molar-refractivity contribution in [2.45, 2.75) is 6.42 Å². The summed E-state index contributed by atoms with van der Waals surface area (Å²) in [5.74, 6) is -0.330. The molecule has 2 aromatic carbocycles. The van der Waals surface area contributed by atoms with Gasteiger partial charge in [0.2, 0.25) is 0 Å². The van der Waals surface area contributed by atoms with E-state index in [1.807, 2.05) is 18.2 Å². The van der Waals surface area contributed by atoms with Crippen molar-refractivity contribution in [2.75, 3.05) is 17.2 Å². The van der Waals surface area contributed by atoms with Crippen LogP contribution < -0.4 is 10.6 Å². The monoisotopic (exact) mass is 255 g/mol. The average molecular weight is 255 g/mol. The van der Waals surface area contributed by atoms with Crippen molar-refractivity contribution in [1.82, 2.24) is 0 Å². The number of benzene rings is 2. The van der Waals surface area contributed by atoms with Crippen molar-refractivity contribution in [2.24, 2.45) is 0 Å². The normalized spacial score (nSPS) is 9.89. The number of hydrogen-bond donors (Lipinski definition) is 1. The maximum absolute atomic E-state index is 13.9. The lowest BCUT2D eigenvalue weighted by molar-refractivity contribution is 0.625. The maximum atomic E-state index is 13.9. The number of nitrogen functional groups attached to an aromatic ring is 1. The SMILES string of the molecule is N#CCCN(c1ccccc1N)c1ccccc1F. The molecule has 4 heteroatoms. The van der Waals surface area contributed by atoms with Crippen LogP contribution in [0.15, 0.2) is 48.5 Å². The lowest BCUT2D eigenvalue weighted by Crippen LogP contribution is -2.20. The molecule has 0 aliphatic heterocycles. The Hall–Kier alpha value is -2.54. The van der Waals surface area contributed by atoms with Crippen molar-refractivity contribution >= 4 is 17.1 Å². The molecule has 0 aliphatic carbocycles. The van der Waals surface area contributed by atoms with Crippen LogP contribution in [-0.4, -0.2) is 6.54 Å². The van der Waals surface area contributed by atoms with Crippen LogP contribution in [0, 0.1) is 17.1 Å². The number of hydrogen-bond acceptors (Lipinski definition) is 3. The molecule has 0 heterocycles. The molecule has 0 aromatic heterocycles. The van der Waals surface area contributed by atoms with Gasteiger partial charge in [-0.1, -0.05) is 24.3 Å². The molecule has 0 saturated carbocycles. The number of halogens is 1. The predicted molar refractivity (Wildman–Crippen MR) is 74.5 cm³/mol. The zero-order valence-corrected chi connectivity index (χ0v) is 10.4. The second kappa shape index (κ2) is 5.87. The van der Waals surface area contributed by atoms with E-state index < -0.39 is 0 Å². The molecule has 2 N–H and O–H groups in total. The fraction of sp³-hybridized carbons (Fsp3) is 0.133. The van der Waals surface area contributed by atoms with Crippen LogP contribution in [0.25, 0.3) is 0 Å². The topological polar surface area (TPSA) is 53.0 Å². The second-order valence-electron chi connectivity index (χ2n) is 4.07. The summed E-state index contributed by atoms with van der Waals surface area (Å²) in [5.41, 5.74) is 7.63. The molecule has 0 fully saturated rings. The maximum Gasteiger partial charge on any atom is 0.146 e. The number of nitrogens with zero attached hydrogens (tertiary/aromatic N) is 2. The Morgan fingerprint density at radius 2 is 1.68 bits per heavy atom. The molecule has 0 spiro atoms. The Labute approximate surface area is 111 Å². The van der Waals surface area contributed by atoms with E-state index in [4.69, 9.17) is 11.0 Å². The number of nitriles is 1. The fourth-order valence-electron chi connectivity index (χ4n) is 1.94. The highest BCUT2D eigenvalue weighted by Gasteiger charge is 2.14. The zero-order valence-electron chi connectivity index (χ0n) is 10.4. The zero-order chi connectivity index (χ0) is 13.7. The van der Waals surface area contributed by atoms with E-state index in [1.165, 1.54) is 6.07 Å². The quantitative estimate of drug-likeness (QED) is 0.851. The standard InChI is InChI=1S/C15H14FN3/c16-12-6-1-3-8-14(12)19(11-5-10-17)15-9-4-2-7-13(15)18/h1-4,6-9H,5,11,18H2. The number of para-hydroxylation sites is 3. The molecular formula is C15H14FN3. The van der Waals surface area contributed by atoms with Crippen molar-refractivity contribution < 1.29 is 4.39 Å². The summed E-state index contributed by atoms with van der Waals surface area (Å²) in [5, 5.41) is 8.75. The van der Waals surface area contributed by atoms with Gasteiger partial charge in [0, 0.05) is 6.54 Å². The van der Waals surface area contributed by atoms with E-state index in [9.17, 15) is 4.39 Å². The van der Waals surface area contributed by atoms with Crippen molar-refractivity contribution in [3.05, 3.63) is 54.3 Å². The molecule has 96 valence electrons. The Kier molecular flexibility index (Phi) is 3.99. The first kappa shape index (κ1) is 12.9. The summed E-state index contributed by atoms with van der Waals surface area (Å²) >= 11 is 0. The third-order valence-corrected chi connectivity index (χ3v) is 2.82. The van der Waals surface area contributed by atoms with Gasteiger partial charge in [0.15, 0.2) is 0 Å². The van der Waals surface area contributed by atoms with Gasteiger partial charge in [-0.05, 0) is 24.3 Å². The molecular weight excluding hydrogens is 241 g/mol. The summed E-state index contributed by atoms with van der Waals surface area (Å²) in [6.07, 6.45) is 0.294. The smallest absolute Gasteiger partial charge is 0.146 e. The second-order valence-corrected chi connectivity index (χ2v) is 4.07. The molecule has 3 nitrogen and oxygen atoms in total. The third kappa shape index (κ3) is 2.83. The summed E-state index contributed by atoms with van der Waals surface area (Å²) in [4.78, 5) is 1.73. The van der Waals surface area contributed by atoms with Crippen molar-refractivity contribution in [1.29, 1.82) is 5.26 Å². The van der Waals surface area contributed by atoms with Gasteiger partial charge in [-0.2, -0.15) is 5.26 Å². The minimum absolute atomic E-state index is 0.294. The van der Waals surface area contributed by atoms with Crippen molar-refractivity contribution in [3.63, 3.8) is 0 Å². The van der Waals surface area contributed by atoms with E-state index in [0.717, 1.165) is 0 Å². The van der Waals surface area contributed by atoms with Crippen LogP contribution in [0.2, 0.25) is 0 Å². The third-order valence-electron chi connectivity index (χ3n) is 2.82. The minimum atomic E-state index is -0.330. The summed E-state index contributed by atoms with van der Waals surface area (Å²) in [6.45, 7) is 0.394. The first-order valence-electron chi connectivity index (χ1n) is 5.97. The largest absolute Gasteiger partial charge is 0.397 e. The lowest BCUT2D eigenvalue weighted by atomic mass is 10.2. The van der Waals surface area contributed by atoms with Gasteiger partial charge in [-0.15, -0.1) is 0 Å². The first-order chi connectivity index (χ1) is 9.24. The van der Waals surface area contributed by atoms with Gasteiger partial charge in [0.05, 0.1) is 29.6 Å². The molecule has 0 bridgehead atoms. The van der Waals surface area contributed by atoms with Crippen LogP contribution >= 0.6 is 0 Å². The average Bonchev–Trinajstić information content (AvgIpc) is 2.42. The van der Waals surface area contributed by atoms with E-state index in [-0.39, 0.29) is 5.82 Å². The van der Waals surface area contributed by atoms with Gasteiger partial charge >= 0.3 is 0 Å². The minimum Gasteiger partial charge on any atom is -0.397 e. The van der Waals surface area contributed by atoms with Crippen LogP contribution in [0.5, 0.6) is 0 Å². The number of rotatable bonds is 4. The molecule has 0 saturated heterocycles. The Bertz CT molecular complexity index is 559. The molecule has 0 atom stereocenters. The van der Waals surface area contributed by atoms with E-state index in [0.29, 0.717) is 30.0 Å². The summed E-state index contributed by atoms with van der Waals surface area (Å²) in [7, 11) is 0. The van der Waals surface area contributed by atoms with Crippen LogP contribution in [0.3, 0.4) is 0 Å². The highest BCUT2D eigenvalue weighted by atomic mass is 19.1. The Morgan fingerprint density at radius 1 is 1.05 bits per heavy atom. The Balaban J connectivity index is 2.46. The highest BCUT2D eigenvalue weighted by molar-refractivity contribution is 5.74.